The third-order valence-electron chi connectivity index (χ3n) is 2.32. The summed E-state index contributed by atoms with van der Waals surface area (Å²) in [6.07, 6.45) is 0. The lowest BCUT2D eigenvalue weighted by Crippen LogP contribution is -1.93. The van der Waals surface area contributed by atoms with Crippen molar-refractivity contribution in [1.29, 1.82) is 0 Å². The molecule has 0 aliphatic heterocycles. The second-order valence-electron chi connectivity index (χ2n) is 3.57. The third kappa shape index (κ3) is 2.34. The molecule has 0 fully saturated rings. The second-order valence-corrected chi connectivity index (χ2v) is 3.98. The predicted octanol–water partition coefficient (Wildman–Crippen LogP) is 4.53. The zero-order valence-corrected chi connectivity index (χ0v) is 9.55. The first-order valence-electron chi connectivity index (χ1n) is 4.94. The molecule has 2 aromatic carbocycles. The van der Waals surface area contributed by atoms with Crippen molar-refractivity contribution in [3.63, 3.8) is 0 Å². The fourth-order valence-electron chi connectivity index (χ4n) is 1.39. The molecule has 16 heavy (non-hydrogen) atoms. The Bertz CT molecular complexity index is 511. The second kappa shape index (κ2) is 4.54. The van der Waals surface area contributed by atoms with Gasteiger partial charge in [-0.3, -0.25) is 0 Å². The van der Waals surface area contributed by atoms with Gasteiger partial charge in [-0.2, -0.15) is 0 Å². The van der Waals surface area contributed by atoms with Gasteiger partial charge < -0.3 is 5.32 Å². The predicted molar refractivity (Wildman–Crippen MR) is 65.9 cm³/mol. The average molecular weight is 236 g/mol. The summed E-state index contributed by atoms with van der Waals surface area (Å²) in [5.74, 6) is -0.279. The highest BCUT2D eigenvalue weighted by atomic mass is 35.5. The van der Waals surface area contributed by atoms with Gasteiger partial charge >= 0.3 is 0 Å². The molecule has 0 unspecified atom stereocenters. The average Bonchev–Trinajstić information content (AvgIpc) is 2.27. The van der Waals surface area contributed by atoms with Crippen molar-refractivity contribution >= 4 is 23.0 Å². The molecule has 0 aliphatic rings. The van der Waals surface area contributed by atoms with Crippen LogP contribution in [0.15, 0.2) is 42.5 Å². The first kappa shape index (κ1) is 11.0. The van der Waals surface area contributed by atoms with Crippen LogP contribution in [0.5, 0.6) is 0 Å². The molecule has 0 saturated carbocycles. The Morgan fingerprint density at radius 3 is 2.56 bits per heavy atom. The maximum absolute atomic E-state index is 13.4. The Morgan fingerprint density at radius 2 is 1.88 bits per heavy atom. The highest BCUT2D eigenvalue weighted by Gasteiger charge is 2.02. The number of hydrogen-bond donors (Lipinski definition) is 1. The van der Waals surface area contributed by atoms with Crippen molar-refractivity contribution in [2.75, 3.05) is 5.32 Å². The Hall–Kier alpha value is -1.54. The molecule has 1 N–H and O–H groups in total. The third-order valence-corrected chi connectivity index (χ3v) is 2.73. The van der Waals surface area contributed by atoms with E-state index in [9.17, 15) is 4.39 Å². The summed E-state index contributed by atoms with van der Waals surface area (Å²) in [6.45, 7) is 1.93. The van der Waals surface area contributed by atoms with Crippen molar-refractivity contribution in [3.05, 3.63) is 58.9 Å². The molecule has 0 bridgehead atoms. The zero-order valence-electron chi connectivity index (χ0n) is 8.80. The first-order chi connectivity index (χ1) is 7.66. The lowest BCUT2D eigenvalue weighted by molar-refractivity contribution is 0.632. The normalized spacial score (nSPS) is 10.2. The Balaban J connectivity index is 2.28. The van der Waals surface area contributed by atoms with Crippen LogP contribution < -0.4 is 5.32 Å². The van der Waals surface area contributed by atoms with Crippen LogP contribution in [-0.4, -0.2) is 0 Å². The molecule has 3 heteroatoms. The van der Waals surface area contributed by atoms with Crippen molar-refractivity contribution in [3.8, 4) is 0 Å². The quantitative estimate of drug-likeness (QED) is 0.806. The summed E-state index contributed by atoms with van der Waals surface area (Å²) >= 11 is 5.99. The minimum absolute atomic E-state index is 0.279. The van der Waals surface area contributed by atoms with Gasteiger partial charge in [0.05, 0.1) is 5.69 Å². The minimum atomic E-state index is -0.279. The standard InChI is InChI=1S/C13H11ClFN/c1-9-6-7-10(8-11(9)14)16-13-5-3-2-4-12(13)15/h2-8,16H,1H3. The van der Waals surface area contributed by atoms with Crippen molar-refractivity contribution in [2.45, 2.75) is 6.92 Å². The maximum Gasteiger partial charge on any atom is 0.146 e. The molecule has 0 heterocycles. The van der Waals surface area contributed by atoms with E-state index in [1.54, 1.807) is 24.3 Å². The van der Waals surface area contributed by atoms with E-state index >= 15 is 0 Å². The van der Waals surface area contributed by atoms with Crippen LogP contribution in [0.3, 0.4) is 0 Å². The monoisotopic (exact) mass is 235 g/mol. The van der Waals surface area contributed by atoms with Gasteiger partial charge in [0, 0.05) is 10.7 Å². The lowest BCUT2D eigenvalue weighted by atomic mass is 10.2. The zero-order chi connectivity index (χ0) is 11.5. The van der Waals surface area contributed by atoms with E-state index in [2.05, 4.69) is 5.32 Å². The van der Waals surface area contributed by atoms with Crippen molar-refractivity contribution in [2.24, 2.45) is 0 Å². The number of rotatable bonds is 2. The number of nitrogens with one attached hydrogen (secondary N) is 1. The summed E-state index contributed by atoms with van der Waals surface area (Å²) < 4.78 is 13.4. The molecule has 0 spiro atoms. The van der Waals surface area contributed by atoms with Gasteiger partial charge in [0.1, 0.15) is 5.82 Å². The van der Waals surface area contributed by atoms with Gasteiger partial charge in [-0.05, 0) is 36.8 Å². The molecule has 2 aromatic rings. The fourth-order valence-corrected chi connectivity index (χ4v) is 1.57. The van der Waals surface area contributed by atoms with E-state index in [1.165, 1.54) is 6.07 Å². The molecule has 82 valence electrons. The molecule has 0 saturated heterocycles. The number of aryl methyl sites for hydroxylation is 1. The van der Waals surface area contributed by atoms with Crippen LogP contribution >= 0.6 is 11.6 Å². The molecular formula is C13H11ClFN. The van der Waals surface area contributed by atoms with E-state index < -0.39 is 0 Å². The molecule has 2 rings (SSSR count). The summed E-state index contributed by atoms with van der Waals surface area (Å²) in [4.78, 5) is 0. The van der Waals surface area contributed by atoms with Crippen LogP contribution in [0.4, 0.5) is 15.8 Å². The fraction of sp³-hybridized carbons (Fsp3) is 0.0769. The van der Waals surface area contributed by atoms with E-state index in [0.717, 1.165) is 11.3 Å². The topological polar surface area (TPSA) is 12.0 Å². The SMILES string of the molecule is Cc1ccc(Nc2ccccc2F)cc1Cl. The lowest BCUT2D eigenvalue weighted by Gasteiger charge is -2.08. The number of hydrogen-bond acceptors (Lipinski definition) is 1. The van der Waals surface area contributed by atoms with Crippen LogP contribution in [0.1, 0.15) is 5.56 Å². The van der Waals surface area contributed by atoms with Crippen LogP contribution in [-0.2, 0) is 0 Å². The highest BCUT2D eigenvalue weighted by Crippen LogP contribution is 2.24. The van der Waals surface area contributed by atoms with E-state index in [4.69, 9.17) is 11.6 Å². The molecule has 0 amide bonds. The largest absolute Gasteiger partial charge is 0.353 e. The molecule has 1 nitrogen and oxygen atoms in total. The molecular weight excluding hydrogens is 225 g/mol. The smallest absolute Gasteiger partial charge is 0.146 e. The van der Waals surface area contributed by atoms with Gasteiger partial charge in [0.25, 0.3) is 0 Å². The summed E-state index contributed by atoms with van der Waals surface area (Å²) in [7, 11) is 0. The summed E-state index contributed by atoms with van der Waals surface area (Å²) in [6, 6.07) is 12.1. The Labute approximate surface area is 98.9 Å². The summed E-state index contributed by atoms with van der Waals surface area (Å²) in [5.41, 5.74) is 2.23. The Kier molecular flexibility index (Phi) is 3.11. The van der Waals surface area contributed by atoms with Crippen molar-refractivity contribution in [1.82, 2.24) is 0 Å². The maximum atomic E-state index is 13.4. The highest BCUT2D eigenvalue weighted by molar-refractivity contribution is 6.31. The van der Waals surface area contributed by atoms with E-state index in [1.807, 2.05) is 19.1 Å². The molecule has 0 radical (unpaired) electrons. The van der Waals surface area contributed by atoms with Crippen LogP contribution in [0, 0.1) is 12.7 Å². The van der Waals surface area contributed by atoms with E-state index in [-0.39, 0.29) is 5.82 Å². The minimum Gasteiger partial charge on any atom is -0.353 e. The van der Waals surface area contributed by atoms with Gasteiger partial charge in [0.15, 0.2) is 0 Å². The first-order valence-corrected chi connectivity index (χ1v) is 5.32. The number of anilines is 2. The van der Waals surface area contributed by atoms with Gasteiger partial charge in [-0.15, -0.1) is 0 Å². The number of para-hydroxylation sites is 1. The Morgan fingerprint density at radius 1 is 1.12 bits per heavy atom. The van der Waals surface area contributed by atoms with Crippen LogP contribution in [0.25, 0.3) is 0 Å². The molecule has 0 atom stereocenters. The van der Waals surface area contributed by atoms with Crippen molar-refractivity contribution < 1.29 is 4.39 Å². The van der Waals surface area contributed by atoms with E-state index in [0.29, 0.717) is 10.7 Å². The number of halogens is 2. The molecule has 0 aromatic heterocycles. The van der Waals surface area contributed by atoms with Crippen LogP contribution in [0.2, 0.25) is 5.02 Å². The van der Waals surface area contributed by atoms with Gasteiger partial charge in [0.2, 0.25) is 0 Å². The van der Waals surface area contributed by atoms with Gasteiger partial charge in [-0.1, -0.05) is 29.8 Å². The molecule has 0 aliphatic carbocycles. The summed E-state index contributed by atoms with van der Waals surface area (Å²) in [5, 5.41) is 3.65. The number of benzene rings is 2. The van der Waals surface area contributed by atoms with Gasteiger partial charge in [-0.25, -0.2) is 4.39 Å².